The van der Waals surface area contributed by atoms with E-state index in [1.807, 2.05) is 26.1 Å². The maximum atomic E-state index is 5.87. The molecule has 1 heterocycles. The van der Waals surface area contributed by atoms with Gasteiger partial charge in [0.25, 0.3) is 0 Å². The van der Waals surface area contributed by atoms with Crippen LogP contribution in [-0.4, -0.2) is 30.8 Å². The van der Waals surface area contributed by atoms with E-state index in [1.165, 1.54) is 0 Å². The first-order chi connectivity index (χ1) is 8.77. The summed E-state index contributed by atoms with van der Waals surface area (Å²) in [6.07, 6.45) is 4.78. The van der Waals surface area contributed by atoms with Gasteiger partial charge in [-0.2, -0.15) is 0 Å². The number of rotatable bonds is 9. The maximum Gasteiger partial charge on any atom is 0.127 e. The predicted molar refractivity (Wildman–Crippen MR) is 72.8 cm³/mol. The summed E-state index contributed by atoms with van der Waals surface area (Å²) in [7, 11) is 0. The highest BCUT2D eigenvalue weighted by Crippen LogP contribution is 2.18. The zero-order chi connectivity index (χ0) is 13.2. The fourth-order valence-electron chi connectivity index (χ4n) is 1.60. The molecule has 1 atom stereocenters. The Hall–Kier alpha value is -1.13. The molecular formula is C14H24N2O2. The standard InChI is InChI=1S/C14H24N2O2/c1-4-7-15-9-13-10-16-8-6-14(13)18-12(3)11-17-5-2/h6,8,10,12,15H,4-5,7,9,11H2,1-3H3. The average Bonchev–Trinajstić information content (AvgIpc) is 2.38. The minimum absolute atomic E-state index is 0.0530. The fraction of sp³-hybridized carbons (Fsp3) is 0.643. The molecule has 0 radical (unpaired) electrons. The number of nitrogens with one attached hydrogen (secondary N) is 1. The minimum atomic E-state index is 0.0530. The Morgan fingerprint density at radius 3 is 2.94 bits per heavy atom. The molecule has 0 aliphatic heterocycles. The highest BCUT2D eigenvalue weighted by Gasteiger charge is 2.08. The van der Waals surface area contributed by atoms with E-state index in [2.05, 4.69) is 17.2 Å². The number of ether oxygens (including phenoxy) is 2. The highest BCUT2D eigenvalue weighted by atomic mass is 16.5. The lowest BCUT2D eigenvalue weighted by atomic mass is 10.2. The lowest BCUT2D eigenvalue weighted by Gasteiger charge is -2.17. The van der Waals surface area contributed by atoms with Gasteiger partial charge in [-0.15, -0.1) is 0 Å². The van der Waals surface area contributed by atoms with Crippen LogP contribution >= 0.6 is 0 Å². The number of pyridine rings is 1. The summed E-state index contributed by atoms with van der Waals surface area (Å²) < 4.78 is 11.2. The minimum Gasteiger partial charge on any atom is -0.488 e. The predicted octanol–water partition coefficient (Wildman–Crippen LogP) is 2.39. The van der Waals surface area contributed by atoms with Crippen LogP contribution < -0.4 is 10.1 Å². The molecular weight excluding hydrogens is 228 g/mol. The summed E-state index contributed by atoms with van der Waals surface area (Å²) in [5.74, 6) is 0.890. The second kappa shape index (κ2) is 8.89. The molecule has 1 aromatic rings. The van der Waals surface area contributed by atoms with Crippen LogP contribution in [0.25, 0.3) is 0 Å². The quantitative estimate of drug-likeness (QED) is 0.685. The Labute approximate surface area is 110 Å². The van der Waals surface area contributed by atoms with E-state index in [0.717, 1.165) is 37.4 Å². The first-order valence-corrected chi connectivity index (χ1v) is 6.65. The second-order valence-corrected chi connectivity index (χ2v) is 4.25. The zero-order valence-corrected chi connectivity index (χ0v) is 11.6. The van der Waals surface area contributed by atoms with Gasteiger partial charge in [-0.1, -0.05) is 6.92 Å². The van der Waals surface area contributed by atoms with Crippen molar-refractivity contribution in [2.75, 3.05) is 19.8 Å². The van der Waals surface area contributed by atoms with Crippen LogP contribution in [0.3, 0.4) is 0 Å². The molecule has 0 amide bonds. The van der Waals surface area contributed by atoms with E-state index in [-0.39, 0.29) is 6.10 Å². The molecule has 0 aliphatic rings. The van der Waals surface area contributed by atoms with Gasteiger partial charge in [0, 0.05) is 31.1 Å². The largest absolute Gasteiger partial charge is 0.488 e. The van der Waals surface area contributed by atoms with Crippen molar-refractivity contribution in [1.82, 2.24) is 10.3 Å². The Balaban J connectivity index is 2.52. The highest BCUT2D eigenvalue weighted by molar-refractivity contribution is 5.30. The van der Waals surface area contributed by atoms with Gasteiger partial charge in [0.1, 0.15) is 11.9 Å². The molecule has 102 valence electrons. The third-order valence-corrected chi connectivity index (χ3v) is 2.49. The van der Waals surface area contributed by atoms with Gasteiger partial charge >= 0.3 is 0 Å². The molecule has 1 rings (SSSR count). The van der Waals surface area contributed by atoms with Gasteiger partial charge in [0.2, 0.25) is 0 Å². The maximum absolute atomic E-state index is 5.87. The molecule has 4 nitrogen and oxygen atoms in total. The Bertz CT molecular complexity index is 331. The smallest absolute Gasteiger partial charge is 0.127 e. The van der Waals surface area contributed by atoms with Crippen molar-refractivity contribution in [3.63, 3.8) is 0 Å². The van der Waals surface area contributed by atoms with Crippen LogP contribution in [-0.2, 0) is 11.3 Å². The number of hydrogen-bond donors (Lipinski definition) is 1. The SMILES string of the molecule is CCCNCc1cnccc1OC(C)COCC. The summed E-state index contributed by atoms with van der Waals surface area (Å²) in [4.78, 5) is 4.14. The van der Waals surface area contributed by atoms with Crippen LogP contribution in [0.15, 0.2) is 18.5 Å². The van der Waals surface area contributed by atoms with Gasteiger partial charge < -0.3 is 14.8 Å². The topological polar surface area (TPSA) is 43.4 Å². The van der Waals surface area contributed by atoms with E-state index in [4.69, 9.17) is 9.47 Å². The lowest BCUT2D eigenvalue weighted by molar-refractivity contribution is 0.0651. The molecule has 1 aromatic heterocycles. The van der Waals surface area contributed by atoms with Crippen LogP contribution in [0.1, 0.15) is 32.8 Å². The van der Waals surface area contributed by atoms with Crippen molar-refractivity contribution in [3.05, 3.63) is 24.0 Å². The van der Waals surface area contributed by atoms with E-state index >= 15 is 0 Å². The summed E-state index contributed by atoms with van der Waals surface area (Å²) >= 11 is 0. The van der Waals surface area contributed by atoms with Gasteiger partial charge in [0.15, 0.2) is 0 Å². The fourth-order valence-corrected chi connectivity index (χ4v) is 1.60. The molecule has 0 spiro atoms. The van der Waals surface area contributed by atoms with E-state index in [9.17, 15) is 0 Å². The Morgan fingerprint density at radius 1 is 1.39 bits per heavy atom. The molecule has 4 heteroatoms. The monoisotopic (exact) mass is 252 g/mol. The zero-order valence-electron chi connectivity index (χ0n) is 11.6. The van der Waals surface area contributed by atoms with Crippen LogP contribution in [0.2, 0.25) is 0 Å². The Morgan fingerprint density at radius 2 is 2.22 bits per heavy atom. The molecule has 1 unspecified atom stereocenters. The molecule has 18 heavy (non-hydrogen) atoms. The van der Waals surface area contributed by atoms with Crippen LogP contribution in [0.4, 0.5) is 0 Å². The van der Waals surface area contributed by atoms with Crippen molar-refractivity contribution in [2.45, 2.75) is 39.8 Å². The van der Waals surface area contributed by atoms with Crippen LogP contribution in [0.5, 0.6) is 5.75 Å². The van der Waals surface area contributed by atoms with E-state index < -0.39 is 0 Å². The average molecular weight is 252 g/mol. The summed E-state index contributed by atoms with van der Waals surface area (Å²) in [6, 6.07) is 1.91. The van der Waals surface area contributed by atoms with Crippen LogP contribution in [0, 0.1) is 0 Å². The summed E-state index contributed by atoms with van der Waals surface area (Å²) in [5, 5.41) is 3.36. The molecule has 0 bridgehead atoms. The number of nitrogens with zero attached hydrogens (tertiary/aromatic N) is 1. The first kappa shape index (κ1) is 14.9. The van der Waals surface area contributed by atoms with Gasteiger partial charge in [-0.05, 0) is 32.9 Å². The van der Waals surface area contributed by atoms with Gasteiger partial charge in [-0.25, -0.2) is 0 Å². The van der Waals surface area contributed by atoms with E-state index in [1.54, 1.807) is 6.20 Å². The van der Waals surface area contributed by atoms with Gasteiger partial charge in [0.05, 0.1) is 6.61 Å². The molecule has 1 N–H and O–H groups in total. The molecule has 0 saturated heterocycles. The molecule has 0 aromatic carbocycles. The second-order valence-electron chi connectivity index (χ2n) is 4.25. The van der Waals surface area contributed by atoms with Crippen molar-refractivity contribution in [1.29, 1.82) is 0 Å². The molecule has 0 aliphatic carbocycles. The normalized spacial score (nSPS) is 12.4. The number of hydrogen-bond acceptors (Lipinski definition) is 4. The third kappa shape index (κ3) is 5.47. The van der Waals surface area contributed by atoms with Crippen molar-refractivity contribution < 1.29 is 9.47 Å². The van der Waals surface area contributed by atoms with Gasteiger partial charge in [-0.3, -0.25) is 4.98 Å². The lowest BCUT2D eigenvalue weighted by Crippen LogP contribution is -2.21. The number of aromatic nitrogens is 1. The molecule has 0 saturated carbocycles. The summed E-state index contributed by atoms with van der Waals surface area (Å²) in [5.41, 5.74) is 1.09. The summed E-state index contributed by atoms with van der Waals surface area (Å²) in [6.45, 7) is 9.27. The third-order valence-electron chi connectivity index (χ3n) is 2.49. The van der Waals surface area contributed by atoms with Crippen molar-refractivity contribution in [3.8, 4) is 5.75 Å². The van der Waals surface area contributed by atoms with Crippen molar-refractivity contribution >= 4 is 0 Å². The molecule has 0 fully saturated rings. The Kier molecular flexibility index (Phi) is 7.37. The van der Waals surface area contributed by atoms with Crippen molar-refractivity contribution in [2.24, 2.45) is 0 Å². The van der Waals surface area contributed by atoms with E-state index in [0.29, 0.717) is 6.61 Å². The first-order valence-electron chi connectivity index (χ1n) is 6.65.